The molecule has 9 aromatic rings. The lowest BCUT2D eigenvalue weighted by molar-refractivity contribution is 0.173. The summed E-state index contributed by atoms with van der Waals surface area (Å²) in [6.45, 7) is 45.7. The van der Waals surface area contributed by atoms with E-state index in [-0.39, 0.29) is 41.7 Å². The van der Waals surface area contributed by atoms with Crippen molar-refractivity contribution in [1.29, 1.82) is 0 Å². The van der Waals surface area contributed by atoms with Crippen LogP contribution in [0.4, 0.5) is 17.1 Å². The van der Waals surface area contributed by atoms with Gasteiger partial charge < -0.3 is 28.9 Å². The lowest BCUT2D eigenvalue weighted by Crippen LogP contribution is -2.49. The largest absolute Gasteiger partial charge is 0.457 e. The van der Waals surface area contributed by atoms with Gasteiger partial charge in [-0.1, -0.05) is 243 Å². The molecule has 586 valence electrons. The van der Waals surface area contributed by atoms with Gasteiger partial charge in [-0.3, -0.25) is 26.6 Å². The fourth-order valence-electron chi connectivity index (χ4n) is 16.4. The van der Waals surface area contributed by atoms with Gasteiger partial charge in [-0.15, -0.1) is 11.3 Å². The van der Waals surface area contributed by atoms with E-state index in [0.717, 1.165) is 30.6 Å². The van der Waals surface area contributed by atoms with Crippen LogP contribution in [0.3, 0.4) is 0 Å². The van der Waals surface area contributed by atoms with E-state index in [1.165, 1.54) is 104 Å². The molecule has 15 rings (SSSR count). The highest BCUT2D eigenvalue weighted by Gasteiger charge is 2.35. The predicted octanol–water partition coefficient (Wildman–Crippen LogP) is 23.7. The third-order valence-electron chi connectivity index (χ3n) is 22.7. The van der Waals surface area contributed by atoms with E-state index in [2.05, 4.69) is 419 Å². The van der Waals surface area contributed by atoms with Crippen molar-refractivity contribution in [2.24, 2.45) is 27.1 Å². The monoisotopic (exact) mass is 1500 g/mol. The highest BCUT2D eigenvalue weighted by atomic mass is 32.1. The third-order valence-corrected chi connectivity index (χ3v) is 23.9. The molecule has 2 aromatic heterocycles. The van der Waals surface area contributed by atoms with E-state index in [1.807, 2.05) is 23.5 Å². The number of nitrogens with one attached hydrogen (secondary N) is 5. The number of anilines is 3. The van der Waals surface area contributed by atoms with Crippen LogP contribution >= 0.6 is 11.3 Å². The van der Waals surface area contributed by atoms with E-state index in [1.54, 1.807) is 0 Å². The Morgan fingerprint density at radius 1 is 0.436 bits per heavy atom. The maximum absolute atomic E-state index is 6.13. The number of benzene rings is 7. The number of allylic oxidation sites excluding steroid dienone is 3. The Hall–Kier alpha value is -8.20. The molecule has 6 aliphatic rings. The van der Waals surface area contributed by atoms with Crippen molar-refractivity contribution in [2.45, 2.75) is 225 Å². The van der Waals surface area contributed by atoms with Gasteiger partial charge in [-0.05, 0) is 175 Å². The van der Waals surface area contributed by atoms with Crippen molar-refractivity contribution >= 4 is 101 Å². The molecule has 11 nitrogen and oxygen atoms in total. The molecule has 0 saturated carbocycles. The number of rotatable bonds is 13. The number of hydrogen-bond acceptors (Lipinski definition) is 12. The normalized spacial score (nSPS) is 19.8. The average Bonchev–Trinajstić information content (AvgIpc) is 1.38. The molecule has 7 heterocycles. The summed E-state index contributed by atoms with van der Waals surface area (Å²) in [5, 5.41) is 26.6. The molecule has 5 unspecified atom stereocenters. The average molecular weight is 1500 g/mol. The number of para-hydroxylation sites is 1. The second-order valence-electron chi connectivity index (χ2n) is 37.9. The Kier molecular flexibility index (Phi) is 25.6. The summed E-state index contributed by atoms with van der Waals surface area (Å²) >= 11 is 1.91. The minimum absolute atomic E-state index is 0.0756. The van der Waals surface area contributed by atoms with Crippen LogP contribution in [-0.2, 0) is 6.42 Å². The molecular weight excluding hydrogens is 1370 g/mol. The van der Waals surface area contributed by atoms with Crippen LogP contribution in [0, 0.1) is 27.1 Å². The van der Waals surface area contributed by atoms with Crippen molar-refractivity contribution in [2.75, 3.05) is 49.9 Å². The summed E-state index contributed by atoms with van der Waals surface area (Å²) in [5.74, 6) is 1.01. The maximum atomic E-state index is 6.13. The van der Waals surface area contributed by atoms with E-state index >= 15 is 0 Å². The molecule has 0 amide bonds. The lowest BCUT2D eigenvalue weighted by Gasteiger charge is -2.39. The zero-order valence-electron chi connectivity index (χ0n) is 71.3. The highest BCUT2D eigenvalue weighted by Crippen LogP contribution is 2.44. The summed E-state index contributed by atoms with van der Waals surface area (Å²) in [7, 11) is 10.8. The first-order valence-electron chi connectivity index (χ1n) is 40.5. The quantitative estimate of drug-likeness (QED) is 0.0765. The summed E-state index contributed by atoms with van der Waals surface area (Å²) < 4.78 is 7.50. The summed E-state index contributed by atoms with van der Waals surface area (Å²) in [4.78, 5) is 13.0. The van der Waals surface area contributed by atoms with Gasteiger partial charge in [0.05, 0.1) is 29.1 Å². The number of likely N-dealkylation sites (N-methyl/N-ethyl adjacent to an activating group) is 3. The van der Waals surface area contributed by atoms with Crippen LogP contribution in [0.25, 0.3) is 72.5 Å². The number of hydrogen-bond donors (Lipinski definition) is 5. The summed E-state index contributed by atoms with van der Waals surface area (Å²) in [6, 6.07) is 52.0. The zero-order valence-corrected chi connectivity index (χ0v) is 72.1. The molecule has 0 radical (unpaired) electrons. The molecule has 1 aliphatic carbocycles. The minimum atomic E-state index is 0.0756. The van der Waals surface area contributed by atoms with Crippen LogP contribution in [-0.4, -0.2) is 93.7 Å². The van der Waals surface area contributed by atoms with Crippen molar-refractivity contribution < 1.29 is 4.42 Å². The Bertz CT molecular complexity index is 4710. The van der Waals surface area contributed by atoms with Gasteiger partial charge in [0.1, 0.15) is 23.7 Å². The molecule has 12 heteroatoms. The SMILES string of the molecule is C[C@@H](NC1c2oc3ccccc3c2C=CN1C)C(C)(C)C.C[C@@H](NC1c2sc3ccccc3c2C=CN1C)C(C)(C)C.C[C@H](CC(C)(C)C)NC1C=C2C=CCc3cccc(c32)N1C.C[C@H](CC(C)(C)C)NC1C=Cc2c(ccc3ccccc23)N1C.C[C@H](CC(C)(C)C)NC1C=Cc2ccc3ccccc3c2N1C. The number of fused-ring (bicyclic) bond motifs is 12. The predicted molar refractivity (Wildman–Crippen MR) is 481 cm³/mol. The fraction of sp³-hybridized carbons (Fsp3) is 0.449. The molecule has 0 bridgehead atoms. The van der Waals surface area contributed by atoms with Crippen LogP contribution in [0.2, 0.25) is 0 Å². The first-order chi connectivity index (χ1) is 51.8. The molecule has 0 saturated heterocycles. The summed E-state index contributed by atoms with van der Waals surface area (Å²) in [5.41, 5.74) is 15.9. The van der Waals surface area contributed by atoms with Gasteiger partial charge >= 0.3 is 0 Å². The van der Waals surface area contributed by atoms with Crippen molar-refractivity contribution in [3.8, 4) is 0 Å². The smallest absolute Gasteiger partial charge is 0.149 e. The second kappa shape index (κ2) is 34.0. The number of furan rings is 1. The standard InChI is InChI=1S/2C21H28N2.C20H28N2.C18H24N2O.C18H24N2S/c1-15(14-21(2,3)4)22-20-13-11-18-17-9-7-6-8-16(17)10-12-19(18)23(20)5;1-15(14-21(2,3)4)22-19-13-12-17-11-10-16-8-6-7-9-18(16)20(17)23(19)5;1-14(13-20(2,3)4)21-18-12-16-10-6-8-15-9-7-11-17(19(15)16)22(18)5;2*1-12(18(2,3)4)19-17-16-14(10-11-20(17)5)13-8-6-7-9-15(13)21-16/h6-13,15,20,22H,14H2,1-5H3;6-13,15,19,22H,14H2,1-5H3;6-7,9-12,14,18,21H,8,13H2,1-5H3;2*6-12,17,19H,1-5H3/t15-,20?;15-,19?;14-,18?;2*12-,17?/m11111/s1. The van der Waals surface area contributed by atoms with Crippen molar-refractivity contribution in [1.82, 2.24) is 36.4 Å². The molecule has 10 atom stereocenters. The first-order valence-corrected chi connectivity index (χ1v) is 41.3. The highest BCUT2D eigenvalue weighted by molar-refractivity contribution is 7.19. The van der Waals surface area contributed by atoms with Gasteiger partial charge in [0.2, 0.25) is 0 Å². The molecule has 7 aromatic carbocycles. The Balaban J connectivity index is 0.000000136. The fourth-order valence-corrected chi connectivity index (χ4v) is 17.7. The second-order valence-corrected chi connectivity index (χ2v) is 39.0. The molecule has 110 heavy (non-hydrogen) atoms. The summed E-state index contributed by atoms with van der Waals surface area (Å²) in [6.07, 6.45) is 30.3. The van der Waals surface area contributed by atoms with Gasteiger partial charge in [-0.2, -0.15) is 0 Å². The molecule has 5 aliphatic heterocycles. The lowest BCUT2D eigenvalue weighted by atomic mass is 9.86. The van der Waals surface area contributed by atoms with E-state index in [9.17, 15) is 0 Å². The Labute approximate surface area is 666 Å². The van der Waals surface area contributed by atoms with Gasteiger partial charge in [0.25, 0.3) is 0 Å². The number of nitrogens with zero attached hydrogens (tertiary/aromatic N) is 5. The molecule has 5 N–H and O–H groups in total. The zero-order chi connectivity index (χ0) is 79.5. The van der Waals surface area contributed by atoms with Crippen LogP contribution < -0.4 is 41.3 Å². The van der Waals surface area contributed by atoms with Crippen molar-refractivity contribution in [3.63, 3.8) is 0 Å². The van der Waals surface area contributed by atoms with Crippen LogP contribution in [0.1, 0.15) is 214 Å². The van der Waals surface area contributed by atoms with Gasteiger partial charge in [0.15, 0.2) is 0 Å². The first kappa shape index (κ1) is 82.8. The molecule has 0 spiro atoms. The molecular formula is C98H132N10OS. The van der Waals surface area contributed by atoms with Gasteiger partial charge in [0, 0.05) is 132 Å². The Morgan fingerprint density at radius 2 is 0.936 bits per heavy atom. The van der Waals surface area contributed by atoms with Crippen LogP contribution in [0.15, 0.2) is 187 Å². The Morgan fingerprint density at radius 3 is 1.55 bits per heavy atom. The van der Waals surface area contributed by atoms with Crippen molar-refractivity contribution in [3.05, 3.63) is 226 Å². The third kappa shape index (κ3) is 20.0. The molecule has 0 fully saturated rings. The van der Waals surface area contributed by atoms with E-state index in [0.29, 0.717) is 46.5 Å². The van der Waals surface area contributed by atoms with Gasteiger partial charge in [-0.25, -0.2) is 0 Å². The van der Waals surface area contributed by atoms with E-state index < -0.39 is 0 Å². The van der Waals surface area contributed by atoms with Crippen LogP contribution in [0.5, 0.6) is 0 Å². The number of thiophene rings is 1. The van der Waals surface area contributed by atoms with E-state index in [4.69, 9.17) is 4.42 Å². The minimum Gasteiger partial charge on any atom is -0.457 e. The maximum Gasteiger partial charge on any atom is 0.149 e. The topological polar surface area (TPSA) is 89.5 Å².